The summed E-state index contributed by atoms with van der Waals surface area (Å²) in [5.41, 5.74) is -0.983. The van der Waals surface area contributed by atoms with E-state index in [4.69, 9.17) is 5.14 Å². The molecule has 0 radical (unpaired) electrons. The molecule has 1 saturated heterocycles. The molecule has 2 aromatic carbocycles. The van der Waals surface area contributed by atoms with Crippen molar-refractivity contribution in [3.8, 4) is 5.75 Å². The first kappa shape index (κ1) is 23.1. The Bertz CT molecular complexity index is 1160. The van der Waals surface area contributed by atoms with E-state index in [1.807, 2.05) is 0 Å². The molecule has 0 bridgehead atoms. The molecule has 1 fully saturated rings. The van der Waals surface area contributed by atoms with Gasteiger partial charge in [0.2, 0.25) is 15.9 Å². The molecule has 1 atom stereocenters. The molecule has 4 amide bonds. The number of urea groups is 1. The zero-order valence-electron chi connectivity index (χ0n) is 16.5. The van der Waals surface area contributed by atoms with Crippen LogP contribution in [0.2, 0.25) is 0 Å². The van der Waals surface area contributed by atoms with Crippen LogP contribution in [-0.2, 0) is 25.2 Å². The minimum absolute atomic E-state index is 0.117. The summed E-state index contributed by atoms with van der Waals surface area (Å²) in [6.45, 7) is -2.20. The molecular weight excluding hydrogens is 450 g/mol. The Labute approximate surface area is 181 Å². The number of imide groups is 1. The number of halogens is 2. The van der Waals surface area contributed by atoms with Crippen LogP contribution < -0.4 is 20.5 Å². The summed E-state index contributed by atoms with van der Waals surface area (Å²) in [6, 6.07) is 9.34. The van der Waals surface area contributed by atoms with E-state index in [0.29, 0.717) is 10.5 Å². The van der Waals surface area contributed by atoms with E-state index in [9.17, 15) is 31.6 Å². The fourth-order valence-electron chi connectivity index (χ4n) is 3.08. The highest BCUT2D eigenvalue weighted by Crippen LogP contribution is 2.30. The molecule has 2 aromatic rings. The average Bonchev–Trinajstić information content (AvgIpc) is 2.91. The highest BCUT2D eigenvalue weighted by molar-refractivity contribution is 7.89. The van der Waals surface area contributed by atoms with Crippen molar-refractivity contribution in [2.45, 2.75) is 24.0 Å². The fraction of sp³-hybridized carbons (Fsp3) is 0.211. The maximum Gasteiger partial charge on any atom is 0.387 e. The van der Waals surface area contributed by atoms with Crippen molar-refractivity contribution in [3.63, 3.8) is 0 Å². The molecule has 13 heteroatoms. The van der Waals surface area contributed by atoms with Gasteiger partial charge in [0.25, 0.3) is 5.91 Å². The van der Waals surface area contributed by atoms with E-state index >= 15 is 0 Å². The minimum atomic E-state index is -3.89. The van der Waals surface area contributed by atoms with Gasteiger partial charge in [0, 0.05) is 5.69 Å². The van der Waals surface area contributed by atoms with Crippen LogP contribution in [0, 0.1) is 0 Å². The zero-order chi connectivity index (χ0) is 23.7. The van der Waals surface area contributed by atoms with Crippen molar-refractivity contribution in [2.75, 3.05) is 11.9 Å². The van der Waals surface area contributed by atoms with Gasteiger partial charge >= 0.3 is 12.6 Å². The number of ether oxygens (including phenoxy) is 1. The number of rotatable bonds is 7. The first-order chi connectivity index (χ1) is 14.9. The number of hydrogen-bond acceptors (Lipinski definition) is 6. The summed E-state index contributed by atoms with van der Waals surface area (Å²) < 4.78 is 51.4. The van der Waals surface area contributed by atoms with Crippen LogP contribution in [0.15, 0.2) is 53.4 Å². The average molecular weight is 468 g/mol. The number of sulfonamides is 1. The van der Waals surface area contributed by atoms with E-state index in [1.54, 1.807) is 0 Å². The summed E-state index contributed by atoms with van der Waals surface area (Å²) in [7, 11) is -3.89. The molecular formula is C19H18F2N4O6S. The molecule has 1 heterocycles. The third kappa shape index (κ3) is 4.84. The molecule has 1 aliphatic rings. The van der Waals surface area contributed by atoms with Crippen molar-refractivity contribution in [1.29, 1.82) is 0 Å². The summed E-state index contributed by atoms with van der Waals surface area (Å²) in [6.07, 6.45) is 0. The molecule has 0 saturated carbocycles. The first-order valence-electron chi connectivity index (χ1n) is 9.02. The predicted octanol–water partition coefficient (Wildman–Crippen LogP) is 1.34. The van der Waals surface area contributed by atoms with Gasteiger partial charge in [0.05, 0.1) is 4.90 Å². The Kier molecular flexibility index (Phi) is 6.14. The van der Waals surface area contributed by atoms with Crippen LogP contribution in [0.5, 0.6) is 5.75 Å². The summed E-state index contributed by atoms with van der Waals surface area (Å²) >= 11 is 0. The van der Waals surface area contributed by atoms with E-state index < -0.39 is 46.6 Å². The van der Waals surface area contributed by atoms with Crippen LogP contribution in [-0.4, -0.2) is 44.3 Å². The molecule has 0 spiro atoms. The lowest BCUT2D eigenvalue weighted by Crippen LogP contribution is -2.42. The Hall–Kier alpha value is -3.58. The Morgan fingerprint density at radius 3 is 2.28 bits per heavy atom. The number of benzene rings is 2. The van der Waals surface area contributed by atoms with Crippen LogP contribution in [0.3, 0.4) is 0 Å². The number of carbonyl (C=O) groups is 3. The van der Waals surface area contributed by atoms with Crippen LogP contribution in [0.25, 0.3) is 0 Å². The van der Waals surface area contributed by atoms with E-state index in [2.05, 4.69) is 15.4 Å². The minimum Gasteiger partial charge on any atom is -0.435 e. The van der Waals surface area contributed by atoms with Gasteiger partial charge in [0.15, 0.2) is 0 Å². The van der Waals surface area contributed by atoms with E-state index in [1.165, 1.54) is 55.5 Å². The van der Waals surface area contributed by atoms with Crippen molar-refractivity contribution in [1.82, 2.24) is 10.2 Å². The Balaban J connectivity index is 1.69. The third-order valence-electron chi connectivity index (χ3n) is 4.70. The molecule has 170 valence electrons. The number of primary sulfonamides is 1. The monoisotopic (exact) mass is 468 g/mol. The van der Waals surface area contributed by atoms with Crippen molar-refractivity contribution in [2.24, 2.45) is 5.14 Å². The second kappa shape index (κ2) is 8.51. The number of hydrogen-bond donors (Lipinski definition) is 3. The van der Waals surface area contributed by atoms with Crippen LogP contribution >= 0.6 is 0 Å². The van der Waals surface area contributed by atoms with Gasteiger partial charge < -0.3 is 15.4 Å². The smallest absolute Gasteiger partial charge is 0.387 e. The molecule has 3 rings (SSSR count). The molecule has 1 aliphatic heterocycles. The topological polar surface area (TPSA) is 148 Å². The van der Waals surface area contributed by atoms with Crippen molar-refractivity contribution < 1.29 is 36.3 Å². The van der Waals surface area contributed by atoms with E-state index in [-0.39, 0.29) is 16.3 Å². The third-order valence-corrected chi connectivity index (χ3v) is 5.63. The largest absolute Gasteiger partial charge is 0.435 e. The number of alkyl halides is 2. The number of nitrogens with zero attached hydrogens (tertiary/aromatic N) is 1. The lowest BCUT2D eigenvalue weighted by Gasteiger charge is -2.22. The lowest BCUT2D eigenvalue weighted by atomic mass is 9.92. The van der Waals surface area contributed by atoms with Gasteiger partial charge in [-0.15, -0.1) is 0 Å². The molecule has 10 nitrogen and oxygen atoms in total. The Morgan fingerprint density at radius 2 is 1.75 bits per heavy atom. The number of anilines is 1. The van der Waals surface area contributed by atoms with Crippen LogP contribution in [0.1, 0.15) is 12.5 Å². The predicted molar refractivity (Wildman–Crippen MR) is 107 cm³/mol. The second-order valence-corrected chi connectivity index (χ2v) is 8.53. The normalized spacial score (nSPS) is 18.6. The second-order valence-electron chi connectivity index (χ2n) is 6.97. The summed E-state index contributed by atoms with van der Waals surface area (Å²) in [4.78, 5) is 38.1. The molecule has 0 aliphatic carbocycles. The van der Waals surface area contributed by atoms with Crippen molar-refractivity contribution in [3.05, 3.63) is 54.1 Å². The highest BCUT2D eigenvalue weighted by Gasteiger charge is 2.49. The van der Waals surface area contributed by atoms with Gasteiger partial charge in [-0.05, 0) is 48.9 Å². The van der Waals surface area contributed by atoms with Crippen molar-refractivity contribution >= 4 is 33.6 Å². The van der Waals surface area contributed by atoms with Crippen LogP contribution in [0.4, 0.5) is 19.3 Å². The zero-order valence-corrected chi connectivity index (χ0v) is 17.4. The molecule has 1 unspecified atom stereocenters. The maximum atomic E-state index is 12.9. The highest BCUT2D eigenvalue weighted by atomic mass is 32.2. The first-order valence-corrected chi connectivity index (χ1v) is 10.6. The lowest BCUT2D eigenvalue weighted by molar-refractivity contribution is -0.133. The Morgan fingerprint density at radius 1 is 1.16 bits per heavy atom. The number of nitrogens with two attached hydrogens (primary N) is 1. The van der Waals surface area contributed by atoms with Gasteiger partial charge in [-0.2, -0.15) is 8.78 Å². The molecule has 32 heavy (non-hydrogen) atoms. The van der Waals surface area contributed by atoms with Gasteiger partial charge in [-0.1, -0.05) is 12.1 Å². The quantitative estimate of drug-likeness (QED) is 0.523. The summed E-state index contributed by atoms with van der Waals surface area (Å²) in [5, 5.41) is 9.94. The SMILES string of the molecule is CC1(c2ccc(OC(F)F)cc2)NC(=O)N(CC(=O)Nc2ccc(S(N)(=O)=O)cc2)C1=O. The van der Waals surface area contributed by atoms with Gasteiger partial charge in [-0.3, -0.25) is 14.5 Å². The standard InChI is InChI=1S/C19H18F2N4O6S/c1-19(11-2-6-13(7-3-11)31-17(20)21)16(27)25(18(28)24-19)10-15(26)23-12-4-8-14(9-5-12)32(22,29)30/h2-9,17H,10H2,1H3,(H,23,26)(H,24,28)(H2,22,29,30). The number of amides is 4. The number of carbonyl (C=O) groups excluding carboxylic acids is 3. The maximum absolute atomic E-state index is 12.9. The van der Waals surface area contributed by atoms with E-state index in [0.717, 1.165) is 0 Å². The molecule has 4 N–H and O–H groups in total. The van der Waals surface area contributed by atoms with Gasteiger partial charge in [-0.25, -0.2) is 18.4 Å². The fourth-order valence-corrected chi connectivity index (χ4v) is 3.59. The van der Waals surface area contributed by atoms with Gasteiger partial charge in [0.1, 0.15) is 17.8 Å². The molecule has 0 aromatic heterocycles. The number of nitrogens with one attached hydrogen (secondary N) is 2. The summed E-state index contributed by atoms with van der Waals surface area (Å²) in [5.74, 6) is -1.54.